The van der Waals surface area contributed by atoms with Crippen molar-refractivity contribution in [1.82, 2.24) is 9.97 Å². The van der Waals surface area contributed by atoms with Crippen molar-refractivity contribution < 1.29 is 0 Å². The number of aromatic nitrogens is 2. The van der Waals surface area contributed by atoms with Gasteiger partial charge in [-0.1, -0.05) is 0 Å². The maximum Gasteiger partial charge on any atom is 0.125 e. The van der Waals surface area contributed by atoms with E-state index in [1.54, 1.807) is 12.4 Å². The Kier molecular flexibility index (Phi) is 1.02. The molecule has 1 aromatic heterocycles. The number of rotatable bonds is 0. The zero-order valence-electron chi connectivity index (χ0n) is 4.05. The Morgan fingerprint density at radius 3 is 2.29 bits per heavy atom. The second-order valence-electron chi connectivity index (χ2n) is 1.23. The van der Waals surface area contributed by atoms with E-state index in [0.717, 1.165) is 5.82 Å². The Morgan fingerprint density at radius 1 is 1.43 bits per heavy atom. The van der Waals surface area contributed by atoms with Gasteiger partial charge in [0.15, 0.2) is 0 Å². The molecule has 2 nitrogen and oxygen atoms in total. The first-order valence-electron chi connectivity index (χ1n) is 2.04. The molecule has 0 N–H and O–H groups in total. The summed E-state index contributed by atoms with van der Waals surface area (Å²) in [6.07, 6.45) is 3.20. The molecule has 1 heterocycles. The van der Waals surface area contributed by atoms with Crippen LogP contribution in [0.15, 0.2) is 12.4 Å². The van der Waals surface area contributed by atoms with Gasteiger partial charge in [-0.05, 0) is 6.92 Å². The lowest BCUT2D eigenvalue weighted by Crippen LogP contribution is -1.80. The molecule has 0 unspecified atom stereocenters. The van der Waals surface area contributed by atoms with Crippen molar-refractivity contribution in [3.05, 3.63) is 24.3 Å². The zero-order valence-corrected chi connectivity index (χ0v) is 4.05. The summed E-state index contributed by atoms with van der Waals surface area (Å²) in [5, 5.41) is 0. The van der Waals surface area contributed by atoms with Gasteiger partial charge in [0, 0.05) is 18.5 Å². The lowest BCUT2D eigenvalue weighted by molar-refractivity contribution is 1.05. The molecular formula is C5H5N2. The summed E-state index contributed by atoms with van der Waals surface area (Å²) in [5.41, 5.74) is 0. The maximum atomic E-state index is 3.81. The number of aryl methyl sites for hydroxylation is 1. The molecule has 0 fully saturated rings. The second kappa shape index (κ2) is 1.69. The minimum atomic E-state index is 0.791. The van der Waals surface area contributed by atoms with E-state index in [4.69, 9.17) is 0 Å². The van der Waals surface area contributed by atoms with Gasteiger partial charge in [-0.2, -0.15) is 0 Å². The highest BCUT2D eigenvalue weighted by molar-refractivity contribution is 4.82. The smallest absolute Gasteiger partial charge is 0.125 e. The highest BCUT2D eigenvalue weighted by Crippen LogP contribution is 1.77. The van der Waals surface area contributed by atoms with Crippen molar-refractivity contribution in [3.63, 3.8) is 0 Å². The van der Waals surface area contributed by atoms with E-state index in [9.17, 15) is 0 Å². The first kappa shape index (κ1) is 4.24. The largest absolute Gasteiger partial charge is 0.241 e. The van der Waals surface area contributed by atoms with Crippen molar-refractivity contribution in [2.24, 2.45) is 0 Å². The Morgan fingerprint density at radius 2 is 2.00 bits per heavy atom. The molecule has 7 heavy (non-hydrogen) atoms. The molecule has 2 heteroatoms. The highest BCUT2D eigenvalue weighted by atomic mass is 14.8. The minimum absolute atomic E-state index is 0.791. The molecule has 0 aliphatic heterocycles. The predicted octanol–water partition coefficient (Wildman–Crippen LogP) is 0.585. The van der Waals surface area contributed by atoms with Gasteiger partial charge in [0.2, 0.25) is 0 Å². The number of hydrogen-bond donors (Lipinski definition) is 0. The van der Waals surface area contributed by atoms with Gasteiger partial charge in [-0.3, -0.25) is 0 Å². The molecule has 0 saturated heterocycles. The summed E-state index contributed by atoms with van der Waals surface area (Å²) >= 11 is 0. The topological polar surface area (TPSA) is 25.8 Å². The van der Waals surface area contributed by atoms with E-state index in [1.807, 2.05) is 6.92 Å². The van der Waals surface area contributed by atoms with Crippen LogP contribution in [-0.4, -0.2) is 9.97 Å². The van der Waals surface area contributed by atoms with E-state index in [2.05, 4.69) is 16.0 Å². The zero-order chi connectivity index (χ0) is 5.11. The van der Waals surface area contributed by atoms with Gasteiger partial charge in [-0.15, -0.1) is 0 Å². The standard InChI is InChI=1S/C5H5N2/c1-5-6-3-2-4-7-5/h3-4H,1H3. The first-order chi connectivity index (χ1) is 3.39. The van der Waals surface area contributed by atoms with Gasteiger partial charge < -0.3 is 0 Å². The Hall–Kier alpha value is -0.920. The van der Waals surface area contributed by atoms with Gasteiger partial charge in [0.1, 0.15) is 5.82 Å². The number of hydrogen-bond acceptors (Lipinski definition) is 2. The lowest BCUT2D eigenvalue weighted by Gasteiger charge is -1.81. The van der Waals surface area contributed by atoms with Gasteiger partial charge in [0.05, 0.1) is 0 Å². The summed E-state index contributed by atoms with van der Waals surface area (Å²) in [5.74, 6) is 0.791. The van der Waals surface area contributed by atoms with Gasteiger partial charge in [-0.25, -0.2) is 9.97 Å². The van der Waals surface area contributed by atoms with Crippen LogP contribution >= 0.6 is 0 Å². The molecule has 35 valence electrons. The van der Waals surface area contributed by atoms with Crippen molar-refractivity contribution in [2.75, 3.05) is 0 Å². The summed E-state index contributed by atoms with van der Waals surface area (Å²) in [6.45, 7) is 1.84. The molecule has 1 aromatic rings. The molecule has 0 atom stereocenters. The molecule has 0 spiro atoms. The molecule has 0 aliphatic rings. The van der Waals surface area contributed by atoms with Crippen molar-refractivity contribution in [2.45, 2.75) is 6.92 Å². The molecule has 0 bridgehead atoms. The fraction of sp³-hybridized carbons (Fsp3) is 0.200. The van der Waals surface area contributed by atoms with Crippen LogP contribution in [0.1, 0.15) is 5.82 Å². The monoisotopic (exact) mass is 93.0 g/mol. The normalized spacial score (nSPS) is 8.71. The van der Waals surface area contributed by atoms with Crippen molar-refractivity contribution >= 4 is 0 Å². The van der Waals surface area contributed by atoms with Crippen LogP contribution in [0.5, 0.6) is 0 Å². The number of nitrogens with zero attached hydrogens (tertiary/aromatic N) is 2. The minimum Gasteiger partial charge on any atom is -0.241 e. The fourth-order valence-electron chi connectivity index (χ4n) is 0.328. The van der Waals surface area contributed by atoms with Crippen LogP contribution in [0.2, 0.25) is 0 Å². The molecular weight excluding hydrogens is 88.1 g/mol. The molecule has 1 radical (unpaired) electrons. The first-order valence-corrected chi connectivity index (χ1v) is 2.04. The third kappa shape index (κ3) is 0.961. The summed E-state index contributed by atoms with van der Waals surface area (Å²) < 4.78 is 0. The van der Waals surface area contributed by atoms with Crippen LogP contribution in [0.3, 0.4) is 0 Å². The van der Waals surface area contributed by atoms with Crippen LogP contribution < -0.4 is 0 Å². The molecule has 0 amide bonds. The Labute approximate surface area is 42.2 Å². The summed E-state index contributed by atoms with van der Waals surface area (Å²) in [6, 6.07) is 2.71. The predicted molar refractivity (Wildman–Crippen MR) is 25.6 cm³/mol. The Balaban J connectivity index is 3.02. The van der Waals surface area contributed by atoms with Crippen molar-refractivity contribution in [3.8, 4) is 0 Å². The van der Waals surface area contributed by atoms with Crippen LogP contribution in [0, 0.1) is 13.0 Å². The van der Waals surface area contributed by atoms with E-state index >= 15 is 0 Å². The maximum absolute atomic E-state index is 3.81. The molecule has 1 rings (SSSR count). The summed E-state index contributed by atoms with van der Waals surface area (Å²) in [7, 11) is 0. The molecule has 0 saturated carbocycles. The third-order valence-electron chi connectivity index (χ3n) is 0.652. The second-order valence-corrected chi connectivity index (χ2v) is 1.23. The van der Waals surface area contributed by atoms with Gasteiger partial charge >= 0.3 is 0 Å². The summed E-state index contributed by atoms with van der Waals surface area (Å²) in [4.78, 5) is 7.62. The van der Waals surface area contributed by atoms with Crippen LogP contribution in [-0.2, 0) is 0 Å². The highest BCUT2D eigenvalue weighted by Gasteiger charge is 1.75. The van der Waals surface area contributed by atoms with E-state index in [0.29, 0.717) is 0 Å². The fourth-order valence-corrected chi connectivity index (χ4v) is 0.328. The van der Waals surface area contributed by atoms with Crippen molar-refractivity contribution in [1.29, 1.82) is 0 Å². The molecule has 0 aromatic carbocycles. The molecule has 0 aliphatic carbocycles. The van der Waals surface area contributed by atoms with Crippen LogP contribution in [0.4, 0.5) is 0 Å². The van der Waals surface area contributed by atoms with E-state index < -0.39 is 0 Å². The average Bonchev–Trinajstić information content (AvgIpc) is 1.69. The van der Waals surface area contributed by atoms with Crippen LogP contribution in [0.25, 0.3) is 0 Å². The SMILES string of the molecule is Cc1nc[c]cn1. The average molecular weight is 93.1 g/mol. The van der Waals surface area contributed by atoms with E-state index in [1.165, 1.54) is 0 Å². The van der Waals surface area contributed by atoms with E-state index in [-0.39, 0.29) is 0 Å². The third-order valence-corrected chi connectivity index (χ3v) is 0.652. The quantitative estimate of drug-likeness (QED) is 0.469. The van der Waals surface area contributed by atoms with Gasteiger partial charge in [0.25, 0.3) is 0 Å². The lowest BCUT2D eigenvalue weighted by atomic mass is 10.6. The Bertz CT molecular complexity index is 136.